The zero-order chi connectivity index (χ0) is 29.4. The van der Waals surface area contributed by atoms with Gasteiger partial charge in [-0.05, 0) is 35.4 Å². The highest BCUT2D eigenvalue weighted by molar-refractivity contribution is 6.30. The van der Waals surface area contributed by atoms with E-state index in [1.165, 1.54) is 31.0 Å². The predicted molar refractivity (Wildman–Crippen MR) is 146 cm³/mol. The van der Waals surface area contributed by atoms with Gasteiger partial charge in [0.15, 0.2) is 11.5 Å². The van der Waals surface area contributed by atoms with Gasteiger partial charge in [-0.25, -0.2) is 4.79 Å². The third-order valence-corrected chi connectivity index (χ3v) is 6.48. The number of benzene rings is 2. The lowest BCUT2D eigenvalue weighted by Gasteiger charge is -2.32. The van der Waals surface area contributed by atoms with Crippen molar-refractivity contribution in [3.05, 3.63) is 104 Å². The predicted octanol–water partition coefficient (Wildman–Crippen LogP) is 5.25. The Morgan fingerprint density at radius 2 is 1.82 bits per heavy atom. The molecular formula is C28H31ClF3N3O5. The molecule has 0 radical (unpaired) electrons. The molecule has 0 aliphatic carbocycles. The molecule has 1 aromatic heterocycles. The maximum atomic E-state index is 13.2. The molecule has 1 N–H and O–H groups in total. The first-order valence-electron chi connectivity index (χ1n) is 12.4. The molecule has 0 aliphatic heterocycles. The first-order chi connectivity index (χ1) is 18.9. The van der Waals surface area contributed by atoms with Crippen molar-refractivity contribution < 1.29 is 27.8 Å². The molecule has 0 aliphatic rings. The Hall–Kier alpha value is -3.70. The van der Waals surface area contributed by atoms with Gasteiger partial charge in [0.1, 0.15) is 6.61 Å². The van der Waals surface area contributed by atoms with Gasteiger partial charge < -0.3 is 19.1 Å². The van der Waals surface area contributed by atoms with E-state index in [-0.39, 0.29) is 38.4 Å². The Morgan fingerprint density at radius 3 is 2.45 bits per heavy atom. The Bertz CT molecular complexity index is 1420. The summed E-state index contributed by atoms with van der Waals surface area (Å²) >= 11 is 6.01. The summed E-state index contributed by atoms with van der Waals surface area (Å²) < 4.78 is 53.2. The molecule has 1 heterocycles. The largest absolute Gasteiger partial charge is 0.513 e. The van der Waals surface area contributed by atoms with Crippen LogP contribution < -0.4 is 20.7 Å². The molecule has 216 valence electrons. The Kier molecular flexibility index (Phi) is 10.5. The summed E-state index contributed by atoms with van der Waals surface area (Å²) in [5.41, 5.74) is 0.393. The van der Waals surface area contributed by atoms with Crippen molar-refractivity contribution in [3.63, 3.8) is 0 Å². The van der Waals surface area contributed by atoms with Crippen molar-refractivity contribution in [2.45, 2.75) is 38.1 Å². The van der Waals surface area contributed by atoms with Crippen LogP contribution in [-0.2, 0) is 20.1 Å². The van der Waals surface area contributed by atoms with Gasteiger partial charge in [-0.15, -0.1) is 0 Å². The van der Waals surface area contributed by atoms with Crippen molar-refractivity contribution in [1.82, 2.24) is 14.0 Å². The normalized spacial score (nSPS) is 12.4. The minimum Gasteiger partial charge on any atom is -0.513 e. The molecule has 1 unspecified atom stereocenters. The quantitative estimate of drug-likeness (QED) is 0.278. The van der Waals surface area contributed by atoms with Crippen LogP contribution in [0.25, 0.3) is 0 Å². The van der Waals surface area contributed by atoms with Crippen LogP contribution in [-0.4, -0.2) is 45.6 Å². The lowest BCUT2D eigenvalue weighted by molar-refractivity contribution is -0.139. The number of alkyl halides is 3. The number of hydrogen-bond acceptors (Lipinski definition) is 6. The summed E-state index contributed by atoms with van der Waals surface area (Å²) in [7, 11) is 2.96. The fraction of sp³-hybridized carbons (Fsp3) is 0.357. The van der Waals surface area contributed by atoms with Crippen LogP contribution in [0.5, 0.6) is 11.5 Å². The minimum absolute atomic E-state index is 0.00380. The van der Waals surface area contributed by atoms with E-state index in [1.54, 1.807) is 47.4 Å². The molecule has 0 bridgehead atoms. The summed E-state index contributed by atoms with van der Waals surface area (Å²) in [5, 5.41) is 10.4. The first-order valence-corrected chi connectivity index (χ1v) is 12.7. The van der Waals surface area contributed by atoms with E-state index in [4.69, 9.17) is 21.1 Å². The van der Waals surface area contributed by atoms with E-state index >= 15 is 0 Å². The second kappa shape index (κ2) is 13.6. The van der Waals surface area contributed by atoms with Crippen LogP contribution in [0.1, 0.15) is 30.0 Å². The number of aromatic nitrogens is 2. The fourth-order valence-electron chi connectivity index (χ4n) is 4.21. The van der Waals surface area contributed by atoms with Gasteiger partial charge in [0.25, 0.3) is 5.56 Å². The van der Waals surface area contributed by atoms with Gasteiger partial charge in [-0.2, -0.15) is 13.2 Å². The molecule has 1 atom stereocenters. The summed E-state index contributed by atoms with van der Waals surface area (Å²) in [4.78, 5) is 25.8. The molecule has 3 rings (SSSR count). The van der Waals surface area contributed by atoms with Gasteiger partial charge >= 0.3 is 11.9 Å². The van der Waals surface area contributed by atoms with Gasteiger partial charge in [-0.1, -0.05) is 36.4 Å². The maximum Gasteiger partial charge on any atom is 0.390 e. The van der Waals surface area contributed by atoms with Crippen molar-refractivity contribution in [3.8, 4) is 11.5 Å². The molecular weight excluding hydrogens is 551 g/mol. The second-order valence-electron chi connectivity index (χ2n) is 9.21. The minimum atomic E-state index is -4.38. The standard InChI is InChI=1S/C28H31ClF3N3O5/c1-19(36)16-23(21-5-7-22(29)8-6-21)34(13-11-28(30,31)32)18-20-4-9-24(25(17-20)39-3)40-15-14-35-26(37)10-12-33(2)27(35)38/h4-10,12,17,23,36H,1,11,13-16,18H2,2-3H3. The average Bonchev–Trinajstić information content (AvgIpc) is 2.90. The lowest BCUT2D eigenvalue weighted by Crippen LogP contribution is -2.39. The van der Waals surface area contributed by atoms with Gasteiger partial charge in [0.05, 0.1) is 25.8 Å². The summed E-state index contributed by atoms with van der Waals surface area (Å²) in [6, 6.07) is 12.3. The number of ether oxygens (including phenoxy) is 2. The third kappa shape index (κ3) is 8.65. The number of aliphatic hydroxyl groups excluding tert-OH is 1. The van der Waals surface area contributed by atoms with Crippen LogP contribution in [0, 0.1) is 0 Å². The molecule has 12 heteroatoms. The number of aliphatic hydroxyl groups is 1. The zero-order valence-electron chi connectivity index (χ0n) is 22.2. The van der Waals surface area contributed by atoms with Crippen LogP contribution >= 0.6 is 11.6 Å². The maximum absolute atomic E-state index is 13.2. The van der Waals surface area contributed by atoms with Crippen molar-refractivity contribution in [1.29, 1.82) is 0 Å². The monoisotopic (exact) mass is 581 g/mol. The van der Waals surface area contributed by atoms with E-state index in [0.29, 0.717) is 27.6 Å². The van der Waals surface area contributed by atoms with E-state index in [0.717, 1.165) is 4.57 Å². The number of nitrogens with zero attached hydrogens (tertiary/aromatic N) is 3. The van der Waals surface area contributed by atoms with E-state index in [9.17, 15) is 27.9 Å². The molecule has 40 heavy (non-hydrogen) atoms. The van der Waals surface area contributed by atoms with E-state index < -0.39 is 29.9 Å². The smallest absolute Gasteiger partial charge is 0.390 e. The molecule has 2 aromatic carbocycles. The molecule has 0 amide bonds. The van der Waals surface area contributed by atoms with Crippen LogP contribution in [0.3, 0.4) is 0 Å². The Labute approximate surface area is 234 Å². The molecule has 0 saturated carbocycles. The Balaban J connectivity index is 1.83. The lowest BCUT2D eigenvalue weighted by atomic mass is 9.99. The van der Waals surface area contributed by atoms with Crippen LogP contribution in [0.4, 0.5) is 13.2 Å². The number of hydrogen-bond donors (Lipinski definition) is 1. The van der Waals surface area contributed by atoms with Crippen molar-refractivity contribution >= 4 is 11.6 Å². The first kappa shape index (κ1) is 30.8. The zero-order valence-corrected chi connectivity index (χ0v) is 22.9. The SMILES string of the molecule is C=C(O)CC(c1ccc(Cl)cc1)N(CCC(F)(F)F)Cc1ccc(OCCn2c(=O)ccn(C)c2=O)c(OC)c1. The third-order valence-electron chi connectivity index (χ3n) is 6.23. The average molecular weight is 582 g/mol. The fourth-order valence-corrected chi connectivity index (χ4v) is 4.34. The van der Waals surface area contributed by atoms with E-state index in [1.807, 2.05) is 0 Å². The van der Waals surface area contributed by atoms with Crippen molar-refractivity contribution in [2.75, 3.05) is 20.3 Å². The second-order valence-corrected chi connectivity index (χ2v) is 9.64. The van der Waals surface area contributed by atoms with E-state index in [2.05, 4.69) is 6.58 Å². The number of rotatable bonds is 13. The summed E-state index contributed by atoms with van der Waals surface area (Å²) in [5.74, 6) is 0.508. The highest BCUT2D eigenvalue weighted by Crippen LogP contribution is 2.34. The summed E-state index contributed by atoms with van der Waals surface area (Å²) in [6.07, 6.45) is -4.02. The number of methoxy groups -OCH3 is 1. The molecule has 8 nitrogen and oxygen atoms in total. The van der Waals surface area contributed by atoms with Gasteiger partial charge in [0.2, 0.25) is 0 Å². The van der Waals surface area contributed by atoms with Crippen LogP contribution in [0.15, 0.2) is 76.7 Å². The van der Waals surface area contributed by atoms with Gasteiger partial charge in [0, 0.05) is 49.9 Å². The number of halogens is 4. The number of aryl methyl sites for hydroxylation is 1. The topological polar surface area (TPSA) is 85.9 Å². The molecule has 0 fully saturated rings. The highest BCUT2D eigenvalue weighted by Gasteiger charge is 2.31. The Morgan fingerprint density at radius 1 is 1.12 bits per heavy atom. The van der Waals surface area contributed by atoms with Crippen LogP contribution in [0.2, 0.25) is 5.02 Å². The summed E-state index contributed by atoms with van der Waals surface area (Å²) in [6.45, 7) is 3.33. The van der Waals surface area contributed by atoms with Gasteiger partial charge in [-0.3, -0.25) is 14.3 Å². The van der Waals surface area contributed by atoms with Crippen molar-refractivity contribution in [2.24, 2.45) is 7.05 Å². The molecule has 0 saturated heterocycles. The molecule has 3 aromatic rings. The highest BCUT2D eigenvalue weighted by atomic mass is 35.5. The molecule has 0 spiro atoms.